The smallest absolute Gasteiger partial charge is 0.319 e. The number of carbonyl (C=O) groups excluding carboxylic acids is 1. The number of halogens is 2. The number of urea groups is 1. The molecule has 0 atom stereocenters. The second-order valence-corrected chi connectivity index (χ2v) is 9.09. The van der Waals surface area contributed by atoms with E-state index in [1.165, 1.54) is 16.4 Å². The largest absolute Gasteiger partial charge is 0.369 e. The fourth-order valence-electron chi connectivity index (χ4n) is 3.01. The molecule has 7 nitrogen and oxygen atoms in total. The highest BCUT2D eigenvalue weighted by Crippen LogP contribution is 2.18. The van der Waals surface area contributed by atoms with Gasteiger partial charge in [0.1, 0.15) is 5.82 Å². The average Bonchev–Trinajstić information content (AvgIpc) is 2.70. The van der Waals surface area contributed by atoms with E-state index in [2.05, 4.69) is 10.6 Å². The lowest BCUT2D eigenvalue weighted by Gasteiger charge is -2.35. The lowest BCUT2D eigenvalue weighted by atomic mass is 10.2. The number of sulfonamides is 1. The summed E-state index contributed by atoms with van der Waals surface area (Å²) in [7, 11) is -3.48. The Morgan fingerprint density at radius 2 is 1.62 bits per heavy atom. The van der Waals surface area contributed by atoms with Crippen molar-refractivity contribution in [2.45, 2.75) is 0 Å². The van der Waals surface area contributed by atoms with E-state index in [-0.39, 0.29) is 18.1 Å². The minimum Gasteiger partial charge on any atom is -0.369 e. The predicted octanol–water partition coefficient (Wildman–Crippen LogP) is 2.75. The zero-order valence-electron chi connectivity index (χ0n) is 15.6. The number of hydrogen-bond acceptors (Lipinski definition) is 4. The van der Waals surface area contributed by atoms with Gasteiger partial charge in [0.15, 0.2) is 0 Å². The van der Waals surface area contributed by atoms with Crippen molar-refractivity contribution in [1.82, 2.24) is 9.62 Å². The number of anilines is 2. The van der Waals surface area contributed by atoms with Crippen LogP contribution in [-0.4, -0.2) is 57.2 Å². The van der Waals surface area contributed by atoms with Crippen molar-refractivity contribution < 1.29 is 17.6 Å². The van der Waals surface area contributed by atoms with Crippen LogP contribution in [0.5, 0.6) is 0 Å². The van der Waals surface area contributed by atoms with Crippen LogP contribution in [0, 0.1) is 5.82 Å². The van der Waals surface area contributed by atoms with Crippen LogP contribution in [0.3, 0.4) is 0 Å². The van der Waals surface area contributed by atoms with Crippen LogP contribution in [0.4, 0.5) is 20.6 Å². The molecule has 0 unspecified atom stereocenters. The Kier molecular flexibility index (Phi) is 6.94. The molecule has 0 bridgehead atoms. The molecule has 1 aliphatic heterocycles. The molecule has 10 heteroatoms. The maximum Gasteiger partial charge on any atom is 0.319 e. The molecular weight excluding hydrogens is 419 g/mol. The lowest BCUT2D eigenvalue weighted by molar-refractivity contribution is 0.252. The average molecular weight is 441 g/mol. The van der Waals surface area contributed by atoms with Crippen LogP contribution in [0.2, 0.25) is 5.02 Å². The first-order chi connectivity index (χ1) is 13.8. The van der Waals surface area contributed by atoms with Crippen LogP contribution in [0.15, 0.2) is 48.5 Å². The van der Waals surface area contributed by atoms with Crippen molar-refractivity contribution in [3.63, 3.8) is 0 Å². The zero-order chi connectivity index (χ0) is 20.9. The Morgan fingerprint density at radius 3 is 2.24 bits per heavy atom. The fraction of sp³-hybridized carbons (Fsp3) is 0.316. The summed E-state index contributed by atoms with van der Waals surface area (Å²) in [5.41, 5.74) is 1.43. The molecule has 1 fully saturated rings. The molecular formula is C19H22ClFN4O3S. The van der Waals surface area contributed by atoms with E-state index < -0.39 is 16.1 Å². The first-order valence-electron chi connectivity index (χ1n) is 9.12. The van der Waals surface area contributed by atoms with Gasteiger partial charge in [-0.1, -0.05) is 11.6 Å². The monoisotopic (exact) mass is 440 g/mol. The van der Waals surface area contributed by atoms with Gasteiger partial charge in [0.2, 0.25) is 10.0 Å². The highest BCUT2D eigenvalue weighted by Gasteiger charge is 2.26. The van der Waals surface area contributed by atoms with Crippen molar-refractivity contribution in [2.75, 3.05) is 48.7 Å². The first kappa shape index (κ1) is 21.4. The molecule has 0 saturated carbocycles. The predicted molar refractivity (Wildman–Crippen MR) is 112 cm³/mol. The summed E-state index contributed by atoms with van der Waals surface area (Å²) < 4.78 is 39.5. The van der Waals surface area contributed by atoms with E-state index >= 15 is 0 Å². The van der Waals surface area contributed by atoms with Gasteiger partial charge in [-0.3, -0.25) is 0 Å². The van der Waals surface area contributed by atoms with Crippen molar-refractivity contribution in [2.24, 2.45) is 0 Å². The Morgan fingerprint density at radius 1 is 1.00 bits per heavy atom. The number of hydrogen-bond donors (Lipinski definition) is 2. The molecule has 1 saturated heterocycles. The lowest BCUT2D eigenvalue weighted by Crippen LogP contribution is -2.50. The molecule has 3 rings (SSSR count). The second kappa shape index (κ2) is 9.43. The Labute approximate surface area is 174 Å². The minimum absolute atomic E-state index is 0.0000666. The van der Waals surface area contributed by atoms with E-state index in [9.17, 15) is 17.6 Å². The number of nitrogens with one attached hydrogen (secondary N) is 2. The third-order valence-corrected chi connectivity index (χ3v) is 6.70. The highest BCUT2D eigenvalue weighted by molar-refractivity contribution is 7.89. The van der Waals surface area contributed by atoms with Crippen LogP contribution in [0.1, 0.15) is 0 Å². The molecule has 2 N–H and O–H groups in total. The van der Waals surface area contributed by atoms with Gasteiger partial charge in [-0.2, -0.15) is 4.31 Å². The highest BCUT2D eigenvalue weighted by atomic mass is 35.5. The van der Waals surface area contributed by atoms with Crippen molar-refractivity contribution in [1.29, 1.82) is 0 Å². The molecule has 29 heavy (non-hydrogen) atoms. The van der Waals surface area contributed by atoms with Gasteiger partial charge in [0.05, 0.1) is 5.75 Å². The van der Waals surface area contributed by atoms with Gasteiger partial charge in [-0.15, -0.1) is 0 Å². The molecule has 0 aliphatic carbocycles. The molecule has 0 spiro atoms. The van der Waals surface area contributed by atoms with Gasteiger partial charge < -0.3 is 15.5 Å². The standard InChI is InChI=1S/C19H22ClFN4O3S/c20-15-1-5-17(6-2-15)23-19(26)22-9-14-29(27,28)25-12-10-24(11-13-25)18-7-3-16(21)4-8-18/h1-8H,9-14H2,(H2,22,23,26). The number of nitrogens with zero attached hydrogens (tertiary/aromatic N) is 2. The van der Waals surface area contributed by atoms with Crippen molar-refractivity contribution in [3.8, 4) is 0 Å². The minimum atomic E-state index is -3.48. The van der Waals surface area contributed by atoms with Gasteiger partial charge in [0, 0.05) is 49.1 Å². The third kappa shape index (κ3) is 6.06. The van der Waals surface area contributed by atoms with Gasteiger partial charge >= 0.3 is 6.03 Å². The van der Waals surface area contributed by atoms with E-state index in [1.54, 1.807) is 36.4 Å². The molecule has 1 aliphatic rings. The number of carbonyl (C=O) groups is 1. The number of piperazine rings is 1. The molecule has 2 aromatic carbocycles. The van der Waals surface area contributed by atoms with Crippen LogP contribution in [0.25, 0.3) is 0 Å². The van der Waals surface area contributed by atoms with Crippen molar-refractivity contribution >= 4 is 39.0 Å². The quantitative estimate of drug-likeness (QED) is 0.723. The van der Waals surface area contributed by atoms with Gasteiger partial charge in [-0.25, -0.2) is 17.6 Å². The summed E-state index contributed by atoms with van der Waals surface area (Å²) in [6.45, 7) is 1.73. The zero-order valence-corrected chi connectivity index (χ0v) is 17.2. The van der Waals surface area contributed by atoms with E-state index in [4.69, 9.17) is 11.6 Å². The number of amides is 2. The van der Waals surface area contributed by atoms with E-state index in [0.717, 1.165) is 5.69 Å². The van der Waals surface area contributed by atoms with Crippen LogP contribution in [-0.2, 0) is 10.0 Å². The third-order valence-electron chi connectivity index (χ3n) is 4.57. The maximum atomic E-state index is 13.0. The summed E-state index contributed by atoms with van der Waals surface area (Å²) in [6, 6.07) is 12.3. The summed E-state index contributed by atoms with van der Waals surface area (Å²) in [5, 5.41) is 5.72. The normalized spacial score (nSPS) is 15.2. The molecule has 0 aromatic heterocycles. The number of benzene rings is 2. The van der Waals surface area contributed by atoms with Gasteiger partial charge in [-0.05, 0) is 48.5 Å². The maximum absolute atomic E-state index is 13.0. The SMILES string of the molecule is O=C(NCCS(=O)(=O)N1CCN(c2ccc(F)cc2)CC1)Nc1ccc(Cl)cc1. The topological polar surface area (TPSA) is 81.8 Å². The van der Waals surface area contributed by atoms with E-state index in [1.807, 2.05) is 4.90 Å². The Balaban J connectivity index is 1.43. The van der Waals surface area contributed by atoms with Gasteiger partial charge in [0.25, 0.3) is 0 Å². The molecule has 0 radical (unpaired) electrons. The summed E-state index contributed by atoms with van der Waals surface area (Å²) in [5.74, 6) is -0.486. The summed E-state index contributed by atoms with van der Waals surface area (Å²) >= 11 is 5.79. The molecule has 2 aromatic rings. The Bertz CT molecular complexity index is 931. The second-order valence-electron chi connectivity index (χ2n) is 6.57. The van der Waals surface area contributed by atoms with E-state index in [0.29, 0.717) is 36.9 Å². The summed E-state index contributed by atoms with van der Waals surface area (Å²) in [6.07, 6.45) is 0. The van der Waals surface area contributed by atoms with Crippen molar-refractivity contribution in [3.05, 3.63) is 59.4 Å². The Hall–Kier alpha value is -2.36. The molecule has 156 valence electrons. The molecule has 1 heterocycles. The molecule has 2 amide bonds. The number of rotatable bonds is 6. The van der Waals surface area contributed by atoms with Crippen LogP contribution >= 0.6 is 11.6 Å². The summed E-state index contributed by atoms with van der Waals surface area (Å²) in [4.78, 5) is 13.9. The van der Waals surface area contributed by atoms with Crippen LogP contribution < -0.4 is 15.5 Å². The fourth-order valence-corrected chi connectivity index (χ4v) is 4.47. The first-order valence-corrected chi connectivity index (χ1v) is 11.1.